The summed E-state index contributed by atoms with van der Waals surface area (Å²) in [5, 5.41) is 8.95. The van der Waals surface area contributed by atoms with Gasteiger partial charge in [-0.3, -0.25) is 0 Å². The molecule has 21 heavy (non-hydrogen) atoms. The molecule has 0 radical (unpaired) electrons. The maximum absolute atomic E-state index is 12.2. The van der Waals surface area contributed by atoms with Crippen LogP contribution in [0.15, 0.2) is 42.5 Å². The number of aromatic carboxylic acids is 1. The van der Waals surface area contributed by atoms with Crippen molar-refractivity contribution in [2.75, 3.05) is 0 Å². The summed E-state index contributed by atoms with van der Waals surface area (Å²) in [4.78, 5) is 10.9. The number of alkyl halides is 3. The van der Waals surface area contributed by atoms with E-state index < -0.39 is 12.3 Å². The summed E-state index contributed by atoms with van der Waals surface area (Å²) in [7, 11) is 0. The molecule has 0 bridgehead atoms. The first-order valence-corrected chi connectivity index (χ1v) is 5.96. The van der Waals surface area contributed by atoms with Crippen molar-refractivity contribution < 1.29 is 27.8 Å². The van der Waals surface area contributed by atoms with E-state index in [-0.39, 0.29) is 11.3 Å². The normalized spacial score (nSPS) is 11.2. The Morgan fingerprint density at radius 1 is 1.10 bits per heavy atom. The molecule has 2 rings (SSSR count). The number of aryl methyl sites for hydroxylation is 1. The lowest BCUT2D eigenvalue weighted by molar-refractivity contribution is -0.274. The molecular weight excluding hydrogens is 285 g/mol. The van der Waals surface area contributed by atoms with Crippen molar-refractivity contribution in [3.8, 4) is 16.9 Å². The Labute approximate surface area is 118 Å². The third-order valence-electron chi connectivity index (χ3n) is 2.86. The van der Waals surface area contributed by atoms with Gasteiger partial charge in [0.1, 0.15) is 5.75 Å². The second-order valence-corrected chi connectivity index (χ2v) is 4.41. The largest absolute Gasteiger partial charge is 0.573 e. The average molecular weight is 296 g/mol. The van der Waals surface area contributed by atoms with E-state index in [1.807, 2.05) is 0 Å². The van der Waals surface area contributed by atoms with Crippen LogP contribution in [0.5, 0.6) is 5.75 Å². The summed E-state index contributed by atoms with van der Waals surface area (Å²) in [5.74, 6) is -1.37. The fourth-order valence-electron chi connectivity index (χ4n) is 1.96. The van der Waals surface area contributed by atoms with Gasteiger partial charge in [-0.2, -0.15) is 0 Å². The molecule has 0 atom stereocenters. The second kappa shape index (κ2) is 5.47. The van der Waals surface area contributed by atoms with Crippen molar-refractivity contribution in [3.63, 3.8) is 0 Å². The zero-order chi connectivity index (χ0) is 15.6. The summed E-state index contributed by atoms with van der Waals surface area (Å²) in [5.41, 5.74) is 1.81. The van der Waals surface area contributed by atoms with Crippen LogP contribution in [0.4, 0.5) is 13.2 Å². The number of halogens is 3. The van der Waals surface area contributed by atoms with Crippen molar-refractivity contribution in [1.82, 2.24) is 0 Å². The van der Waals surface area contributed by atoms with Crippen LogP contribution < -0.4 is 4.74 Å². The fraction of sp³-hybridized carbons (Fsp3) is 0.133. The monoisotopic (exact) mass is 296 g/mol. The van der Waals surface area contributed by atoms with Gasteiger partial charge < -0.3 is 9.84 Å². The van der Waals surface area contributed by atoms with Gasteiger partial charge >= 0.3 is 12.3 Å². The molecule has 0 aromatic heterocycles. The molecule has 0 heterocycles. The summed E-state index contributed by atoms with van der Waals surface area (Å²) >= 11 is 0. The van der Waals surface area contributed by atoms with Gasteiger partial charge in [-0.1, -0.05) is 24.3 Å². The highest BCUT2D eigenvalue weighted by Gasteiger charge is 2.31. The minimum absolute atomic E-state index is 0.154. The molecule has 0 spiro atoms. The van der Waals surface area contributed by atoms with Crippen LogP contribution in [-0.2, 0) is 0 Å². The number of hydrogen-bond acceptors (Lipinski definition) is 2. The molecule has 3 nitrogen and oxygen atoms in total. The van der Waals surface area contributed by atoms with E-state index >= 15 is 0 Å². The molecule has 0 unspecified atom stereocenters. The average Bonchev–Trinajstić information content (AvgIpc) is 2.36. The molecule has 110 valence electrons. The van der Waals surface area contributed by atoms with E-state index in [2.05, 4.69) is 4.74 Å². The van der Waals surface area contributed by atoms with E-state index in [0.717, 1.165) is 0 Å². The number of ether oxygens (including phenoxy) is 1. The number of carboxylic acids is 1. The van der Waals surface area contributed by atoms with E-state index in [9.17, 15) is 18.0 Å². The Balaban J connectivity index is 2.36. The van der Waals surface area contributed by atoms with Crippen LogP contribution in [0.1, 0.15) is 15.9 Å². The summed E-state index contributed by atoms with van der Waals surface area (Å²) < 4.78 is 40.4. The van der Waals surface area contributed by atoms with Crippen molar-refractivity contribution in [1.29, 1.82) is 0 Å². The van der Waals surface area contributed by atoms with Crippen molar-refractivity contribution in [2.45, 2.75) is 13.3 Å². The Morgan fingerprint density at radius 2 is 1.76 bits per heavy atom. The molecule has 0 saturated heterocycles. The number of benzene rings is 2. The van der Waals surface area contributed by atoms with Crippen LogP contribution >= 0.6 is 0 Å². The maximum atomic E-state index is 12.2. The molecular formula is C15H11F3O3. The van der Waals surface area contributed by atoms with Crippen LogP contribution in [0.25, 0.3) is 11.1 Å². The number of carboxylic acid groups (broad SMARTS) is 1. The Kier molecular flexibility index (Phi) is 3.88. The molecule has 2 aromatic rings. The molecule has 0 amide bonds. The topological polar surface area (TPSA) is 46.5 Å². The smallest absolute Gasteiger partial charge is 0.478 e. The van der Waals surface area contributed by atoms with Gasteiger partial charge in [-0.05, 0) is 41.8 Å². The molecule has 2 aromatic carbocycles. The SMILES string of the molecule is Cc1cc(-c2cccc(OC(F)(F)F)c2)ccc1C(=O)O. The van der Waals surface area contributed by atoms with Gasteiger partial charge in [0.05, 0.1) is 5.56 Å². The lowest BCUT2D eigenvalue weighted by Gasteiger charge is -2.11. The highest BCUT2D eigenvalue weighted by molar-refractivity contribution is 5.90. The Morgan fingerprint density at radius 3 is 2.33 bits per heavy atom. The van der Waals surface area contributed by atoms with Crippen molar-refractivity contribution in [2.24, 2.45) is 0 Å². The molecule has 0 aliphatic heterocycles. The van der Waals surface area contributed by atoms with Gasteiger partial charge in [0, 0.05) is 0 Å². The Bertz CT molecular complexity index is 678. The van der Waals surface area contributed by atoms with Gasteiger partial charge in [-0.25, -0.2) is 4.79 Å². The molecule has 0 saturated carbocycles. The van der Waals surface area contributed by atoms with Crippen molar-refractivity contribution >= 4 is 5.97 Å². The highest BCUT2D eigenvalue weighted by atomic mass is 19.4. The van der Waals surface area contributed by atoms with Gasteiger partial charge in [0.25, 0.3) is 0 Å². The predicted molar refractivity (Wildman–Crippen MR) is 70.3 cm³/mol. The van der Waals surface area contributed by atoms with Crippen LogP contribution in [-0.4, -0.2) is 17.4 Å². The standard InChI is InChI=1S/C15H11F3O3/c1-9-7-11(5-6-13(9)14(19)20)10-3-2-4-12(8-10)21-15(16,17)18/h2-8H,1H3,(H,19,20). The third kappa shape index (κ3) is 3.75. The number of carbonyl (C=O) groups is 1. The zero-order valence-electron chi connectivity index (χ0n) is 10.9. The number of hydrogen-bond donors (Lipinski definition) is 1. The first-order valence-electron chi connectivity index (χ1n) is 5.96. The molecule has 0 aliphatic rings. The van der Waals surface area contributed by atoms with Crippen LogP contribution in [0, 0.1) is 6.92 Å². The summed E-state index contributed by atoms with van der Waals surface area (Å²) in [6.07, 6.45) is -4.75. The van der Waals surface area contributed by atoms with Crippen molar-refractivity contribution in [3.05, 3.63) is 53.6 Å². The Hall–Kier alpha value is -2.50. The summed E-state index contributed by atoms with van der Waals surface area (Å²) in [6, 6.07) is 10.1. The minimum Gasteiger partial charge on any atom is -0.478 e. The lowest BCUT2D eigenvalue weighted by Crippen LogP contribution is -2.17. The van der Waals surface area contributed by atoms with E-state index in [1.54, 1.807) is 25.1 Å². The lowest BCUT2D eigenvalue weighted by atomic mass is 10.00. The van der Waals surface area contributed by atoms with Crippen LogP contribution in [0.2, 0.25) is 0 Å². The second-order valence-electron chi connectivity index (χ2n) is 4.41. The van der Waals surface area contributed by atoms with Crippen LogP contribution in [0.3, 0.4) is 0 Å². The van der Waals surface area contributed by atoms with Gasteiger partial charge in [0.15, 0.2) is 0 Å². The number of rotatable bonds is 3. The molecule has 0 aliphatic carbocycles. The van der Waals surface area contributed by atoms with Gasteiger partial charge in [-0.15, -0.1) is 13.2 Å². The summed E-state index contributed by atoms with van der Waals surface area (Å²) in [6.45, 7) is 1.63. The molecule has 1 N–H and O–H groups in total. The van der Waals surface area contributed by atoms with Gasteiger partial charge in [0.2, 0.25) is 0 Å². The molecule has 6 heteroatoms. The van der Waals surface area contributed by atoms with E-state index in [0.29, 0.717) is 16.7 Å². The zero-order valence-corrected chi connectivity index (χ0v) is 10.9. The quantitative estimate of drug-likeness (QED) is 0.920. The van der Waals surface area contributed by atoms with E-state index in [4.69, 9.17) is 5.11 Å². The first kappa shape index (κ1) is 14.9. The first-order chi connectivity index (χ1) is 9.76. The highest BCUT2D eigenvalue weighted by Crippen LogP contribution is 2.29. The molecule has 0 fully saturated rings. The minimum atomic E-state index is -4.75. The fourth-order valence-corrected chi connectivity index (χ4v) is 1.96. The predicted octanol–water partition coefficient (Wildman–Crippen LogP) is 4.26. The third-order valence-corrected chi connectivity index (χ3v) is 2.86. The maximum Gasteiger partial charge on any atom is 0.573 e. The van der Waals surface area contributed by atoms with E-state index in [1.165, 1.54) is 24.3 Å².